The van der Waals surface area contributed by atoms with E-state index in [1.807, 2.05) is 24.3 Å². The van der Waals surface area contributed by atoms with Gasteiger partial charge in [0.25, 0.3) is 0 Å². The number of carbonyl (C=O) groups is 1. The highest BCUT2D eigenvalue weighted by molar-refractivity contribution is 9.10. The number of halogens is 1. The summed E-state index contributed by atoms with van der Waals surface area (Å²) in [5.41, 5.74) is 1.52. The monoisotopic (exact) mass is 349 g/mol. The highest BCUT2D eigenvalue weighted by Gasteiger charge is 2.29. The predicted octanol–water partition coefficient (Wildman–Crippen LogP) is 2.31. The number of ether oxygens (including phenoxy) is 1. The number of hydrogen-bond donors (Lipinski definition) is 2. The number of carbonyl (C=O) groups excluding carboxylic acids is 1. The minimum absolute atomic E-state index is 0.0493. The Balaban J connectivity index is 1.80. The lowest BCUT2D eigenvalue weighted by Gasteiger charge is -2.12. The molecule has 2 unspecified atom stereocenters. The minimum atomic E-state index is -0.222. The second kappa shape index (κ2) is 6.09. The topological polar surface area (TPSA) is 63.2 Å². The van der Waals surface area contributed by atoms with Gasteiger partial charge in [0.1, 0.15) is 0 Å². The molecule has 21 heavy (non-hydrogen) atoms. The van der Waals surface area contributed by atoms with Gasteiger partial charge in [-0.15, -0.1) is 0 Å². The molecule has 1 amide bonds. The molecule has 2 atom stereocenters. The number of pyridine rings is 1. The van der Waals surface area contributed by atoms with Crippen molar-refractivity contribution in [3.05, 3.63) is 34.9 Å². The van der Waals surface area contributed by atoms with Gasteiger partial charge in [0.05, 0.1) is 23.3 Å². The van der Waals surface area contributed by atoms with E-state index in [1.54, 1.807) is 13.3 Å². The van der Waals surface area contributed by atoms with E-state index in [2.05, 4.69) is 31.5 Å². The van der Waals surface area contributed by atoms with Crippen LogP contribution in [0.3, 0.4) is 0 Å². The molecule has 2 N–H and O–H groups in total. The predicted molar refractivity (Wildman–Crippen MR) is 85.3 cm³/mol. The largest absolute Gasteiger partial charge is 0.380 e. The Labute approximate surface area is 131 Å². The van der Waals surface area contributed by atoms with Gasteiger partial charge in [0, 0.05) is 29.7 Å². The molecular weight excluding hydrogens is 334 g/mol. The number of para-hydroxylation sites is 1. The second-order valence-corrected chi connectivity index (χ2v) is 5.99. The summed E-state index contributed by atoms with van der Waals surface area (Å²) in [4.78, 5) is 16.7. The average Bonchev–Trinajstić information content (AvgIpc) is 2.96. The van der Waals surface area contributed by atoms with Gasteiger partial charge >= 0.3 is 0 Å². The Hall–Kier alpha value is -1.50. The van der Waals surface area contributed by atoms with Gasteiger partial charge < -0.3 is 15.4 Å². The van der Waals surface area contributed by atoms with Crippen molar-refractivity contribution in [2.75, 3.05) is 19.0 Å². The Morgan fingerprint density at radius 3 is 3.14 bits per heavy atom. The molecule has 0 aliphatic carbocycles. The fraction of sp³-hybridized carbons (Fsp3) is 0.333. The van der Waals surface area contributed by atoms with E-state index in [9.17, 15) is 4.79 Å². The van der Waals surface area contributed by atoms with Crippen molar-refractivity contribution < 1.29 is 9.53 Å². The molecule has 1 aromatic heterocycles. The summed E-state index contributed by atoms with van der Waals surface area (Å²) in [7, 11) is 1.67. The standard InChI is InChI=1S/C15H16BrN3O2/c1-21-11-6-13(17-8-11)15(20)19-12-4-2-3-9-5-10(16)7-18-14(9)12/h2-5,7,11,13,17H,6,8H2,1H3,(H,19,20). The number of amides is 1. The number of nitrogens with one attached hydrogen (secondary N) is 2. The average molecular weight is 350 g/mol. The third-order valence-electron chi connectivity index (χ3n) is 3.68. The van der Waals surface area contributed by atoms with Crippen LogP contribution in [0.2, 0.25) is 0 Å². The van der Waals surface area contributed by atoms with Gasteiger partial charge in [0.15, 0.2) is 0 Å². The van der Waals surface area contributed by atoms with Gasteiger partial charge in [-0.2, -0.15) is 0 Å². The van der Waals surface area contributed by atoms with Gasteiger partial charge in [-0.05, 0) is 34.5 Å². The van der Waals surface area contributed by atoms with Gasteiger partial charge in [0.2, 0.25) is 5.91 Å². The van der Waals surface area contributed by atoms with Crippen LogP contribution in [0.1, 0.15) is 6.42 Å². The summed E-state index contributed by atoms with van der Waals surface area (Å²) in [5, 5.41) is 7.11. The van der Waals surface area contributed by atoms with Crippen molar-refractivity contribution in [1.82, 2.24) is 10.3 Å². The smallest absolute Gasteiger partial charge is 0.241 e. The number of rotatable bonds is 3. The molecule has 0 radical (unpaired) electrons. The van der Waals surface area contributed by atoms with Crippen molar-refractivity contribution in [3.8, 4) is 0 Å². The van der Waals surface area contributed by atoms with Crippen LogP contribution in [0, 0.1) is 0 Å². The summed E-state index contributed by atoms with van der Waals surface area (Å²) in [5.74, 6) is -0.0493. The van der Waals surface area contributed by atoms with E-state index in [1.165, 1.54) is 0 Å². The second-order valence-electron chi connectivity index (χ2n) is 5.07. The molecule has 2 heterocycles. The summed E-state index contributed by atoms with van der Waals surface area (Å²) in [6, 6.07) is 7.50. The van der Waals surface area contributed by atoms with Gasteiger partial charge in [-0.3, -0.25) is 9.78 Å². The number of fused-ring (bicyclic) bond motifs is 1. The van der Waals surface area contributed by atoms with Crippen molar-refractivity contribution >= 4 is 38.4 Å². The van der Waals surface area contributed by atoms with Crippen molar-refractivity contribution in [3.63, 3.8) is 0 Å². The van der Waals surface area contributed by atoms with Crippen LogP contribution in [0.5, 0.6) is 0 Å². The molecule has 1 aliphatic heterocycles. The lowest BCUT2D eigenvalue weighted by atomic mass is 10.1. The number of benzene rings is 1. The number of hydrogen-bond acceptors (Lipinski definition) is 4. The summed E-state index contributed by atoms with van der Waals surface area (Å²) >= 11 is 3.40. The molecule has 0 spiro atoms. The third-order valence-corrected chi connectivity index (χ3v) is 4.11. The van der Waals surface area contributed by atoms with Crippen LogP contribution >= 0.6 is 15.9 Å². The van der Waals surface area contributed by atoms with Gasteiger partial charge in [-0.25, -0.2) is 0 Å². The van der Waals surface area contributed by atoms with E-state index in [-0.39, 0.29) is 18.1 Å². The molecular formula is C15H16BrN3O2. The van der Waals surface area contributed by atoms with Crippen LogP contribution in [-0.2, 0) is 9.53 Å². The molecule has 5 nitrogen and oxygen atoms in total. The zero-order valence-corrected chi connectivity index (χ0v) is 13.2. The van der Waals surface area contributed by atoms with Crippen LogP contribution in [0.25, 0.3) is 10.9 Å². The van der Waals surface area contributed by atoms with Crippen molar-refractivity contribution in [2.24, 2.45) is 0 Å². The highest BCUT2D eigenvalue weighted by Crippen LogP contribution is 2.24. The Morgan fingerprint density at radius 2 is 2.38 bits per heavy atom. The maximum absolute atomic E-state index is 12.3. The summed E-state index contributed by atoms with van der Waals surface area (Å²) in [6.07, 6.45) is 2.51. The van der Waals surface area contributed by atoms with E-state index in [4.69, 9.17) is 4.74 Å². The van der Waals surface area contributed by atoms with E-state index in [0.29, 0.717) is 13.0 Å². The van der Waals surface area contributed by atoms with E-state index >= 15 is 0 Å². The first-order valence-electron chi connectivity index (χ1n) is 6.78. The highest BCUT2D eigenvalue weighted by atomic mass is 79.9. The molecule has 2 aromatic rings. The van der Waals surface area contributed by atoms with Crippen LogP contribution in [0.15, 0.2) is 34.9 Å². The minimum Gasteiger partial charge on any atom is -0.380 e. The van der Waals surface area contributed by atoms with Crippen LogP contribution in [-0.4, -0.2) is 36.7 Å². The first-order valence-corrected chi connectivity index (χ1v) is 7.58. The fourth-order valence-electron chi connectivity index (χ4n) is 2.54. The molecule has 1 aromatic carbocycles. The third kappa shape index (κ3) is 3.07. The normalized spacial score (nSPS) is 21.6. The van der Waals surface area contributed by atoms with Crippen molar-refractivity contribution in [1.29, 1.82) is 0 Å². The Morgan fingerprint density at radius 1 is 1.52 bits per heavy atom. The van der Waals surface area contributed by atoms with E-state index in [0.717, 1.165) is 21.1 Å². The summed E-state index contributed by atoms with van der Waals surface area (Å²) < 4.78 is 6.18. The zero-order valence-electron chi connectivity index (χ0n) is 11.6. The lowest BCUT2D eigenvalue weighted by Crippen LogP contribution is -2.35. The van der Waals surface area contributed by atoms with Gasteiger partial charge in [-0.1, -0.05) is 12.1 Å². The Kier molecular flexibility index (Phi) is 4.19. The quantitative estimate of drug-likeness (QED) is 0.892. The number of nitrogens with zero attached hydrogens (tertiary/aromatic N) is 1. The van der Waals surface area contributed by atoms with Crippen LogP contribution < -0.4 is 10.6 Å². The molecule has 3 rings (SSSR count). The molecule has 0 bridgehead atoms. The number of methoxy groups -OCH3 is 1. The van der Waals surface area contributed by atoms with Crippen molar-refractivity contribution in [2.45, 2.75) is 18.6 Å². The molecule has 110 valence electrons. The fourth-order valence-corrected chi connectivity index (χ4v) is 2.89. The Bertz CT molecular complexity index is 677. The molecule has 1 saturated heterocycles. The summed E-state index contributed by atoms with van der Waals surface area (Å²) in [6.45, 7) is 0.704. The van der Waals surface area contributed by atoms with E-state index < -0.39 is 0 Å². The van der Waals surface area contributed by atoms with Crippen LogP contribution in [0.4, 0.5) is 5.69 Å². The zero-order chi connectivity index (χ0) is 14.8. The molecule has 1 fully saturated rings. The number of aromatic nitrogens is 1. The first kappa shape index (κ1) is 14.4. The number of anilines is 1. The SMILES string of the molecule is COC1CNC(C(=O)Nc2cccc3cc(Br)cnc23)C1. The first-order chi connectivity index (χ1) is 10.2. The lowest BCUT2D eigenvalue weighted by molar-refractivity contribution is -0.117. The maximum Gasteiger partial charge on any atom is 0.241 e. The molecule has 6 heteroatoms. The maximum atomic E-state index is 12.3. The molecule has 1 aliphatic rings. The molecule has 0 saturated carbocycles.